The van der Waals surface area contributed by atoms with Crippen LogP contribution in [0.4, 0.5) is 17.1 Å². The molecule has 11 rings (SSSR count). The summed E-state index contributed by atoms with van der Waals surface area (Å²) in [5, 5.41) is 7.16. The number of fused-ring (bicyclic) bond motifs is 8. The second-order valence-electron chi connectivity index (χ2n) is 14.1. The molecular weight excluding hydrogens is 687 g/mol. The number of rotatable bonds is 6. The second kappa shape index (κ2) is 12.9. The Kier molecular flexibility index (Phi) is 7.39. The van der Waals surface area contributed by atoms with E-state index in [1.807, 2.05) is 11.3 Å². The highest BCUT2D eigenvalue weighted by atomic mass is 32.1. The Morgan fingerprint density at radius 1 is 0.382 bits per heavy atom. The van der Waals surface area contributed by atoms with E-state index in [4.69, 9.17) is 4.42 Å². The van der Waals surface area contributed by atoms with Gasteiger partial charge in [-0.2, -0.15) is 0 Å². The summed E-state index contributed by atoms with van der Waals surface area (Å²) in [4.78, 5) is 2.36. The Morgan fingerprint density at radius 2 is 0.982 bits per heavy atom. The van der Waals surface area contributed by atoms with E-state index in [9.17, 15) is 0 Å². The summed E-state index contributed by atoms with van der Waals surface area (Å²) in [5.74, 6) is 0. The highest BCUT2D eigenvalue weighted by Crippen LogP contribution is 2.46. The zero-order valence-corrected chi connectivity index (χ0v) is 30.6. The normalized spacial score (nSPS) is 11.6. The van der Waals surface area contributed by atoms with Gasteiger partial charge in [0.1, 0.15) is 11.2 Å². The quantitative estimate of drug-likeness (QED) is 0.170. The van der Waals surface area contributed by atoms with E-state index in [0.29, 0.717) is 0 Å². The van der Waals surface area contributed by atoms with Gasteiger partial charge in [0.2, 0.25) is 0 Å². The lowest BCUT2D eigenvalue weighted by Crippen LogP contribution is -2.10. The predicted molar refractivity (Wildman–Crippen MR) is 235 cm³/mol. The number of nitrogens with zero attached hydrogens (tertiary/aromatic N) is 1. The third-order valence-electron chi connectivity index (χ3n) is 10.9. The van der Waals surface area contributed by atoms with Crippen LogP contribution in [-0.2, 0) is 0 Å². The lowest BCUT2D eigenvalue weighted by Gasteiger charge is -2.26. The molecule has 0 atom stereocenters. The van der Waals surface area contributed by atoms with Gasteiger partial charge >= 0.3 is 0 Å². The smallest absolute Gasteiger partial charge is 0.143 e. The van der Waals surface area contributed by atoms with Crippen LogP contribution in [0.3, 0.4) is 0 Å². The molecule has 3 heteroatoms. The van der Waals surface area contributed by atoms with Gasteiger partial charge in [-0.15, -0.1) is 11.3 Å². The van der Waals surface area contributed by atoms with Crippen LogP contribution in [0.2, 0.25) is 0 Å². The van der Waals surface area contributed by atoms with Gasteiger partial charge in [-0.1, -0.05) is 152 Å². The minimum absolute atomic E-state index is 0.863. The van der Waals surface area contributed by atoms with Crippen LogP contribution in [-0.4, -0.2) is 0 Å². The van der Waals surface area contributed by atoms with Gasteiger partial charge < -0.3 is 9.32 Å². The van der Waals surface area contributed by atoms with Gasteiger partial charge in [-0.05, 0) is 81.2 Å². The molecule has 0 spiro atoms. The summed E-state index contributed by atoms with van der Waals surface area (Å²) in [5.41, 5.74) is 12.1. The molecule has 2 aromatic heterocycles. The van der Waals surface area contributed by atoms with Crippen molar-refractivity contribution in [1.82, 2.24) is 0 Å². The van der Waals surface area contributed by atoms with Gasteiger partial charge in [0.05, 0.1) is 5.69 Å². The van der Waals surface area contributed by atoms with Gasteiger partial charge in [0, 0.05) is 53.8 Å². The number of hydrogen-bond donors (Lipinski definition) is 0. The Hall–Kier alpha value is -6.94. The molecule has 0 radical (unpaired) electrons. The molecule has 258 valence electrons. The molecule has 0 saturated carbocycles. The van der Waals surface area contributed by atoms with Gasteiger partial charge in [0.15, 0.2) is 0 Å². The predicted octanol–water partition coefficient (Wildman–Crippen LogP) is 15.6. The van der Waals surface area contributed by atoms with Crippen molar-refractivity contribution in [2.75, 3.05) is 4.90 Å². The summed E-state index contributed by atoms with van der Waals surface area (Å²) in [6.07, 6.45) is 0. The van der Waals surface area contributed by atoms with Gasteiger partial charge in [-0.3, -0.25) is 0 Å². The van der Waals surface area contributed by atoms with E-state index >= 15 is 0 Å². The fraction of sp³-hybridized carbons (Fsp3) is 0. The average molecular weight is 720 g/mol. The fourth-order valence-electron chi connectivity index (χ4n) is 8.24. The molecule has 0 aliphatic rings. The van der Waals surface area contributed by atoms with Crippen molar-refractivity contribution in [3.8, 4) is 33.4 Å². The zero-order valence-electron chi connectivity index (χ0n) is 29.8. The average Bonchev–Trinajstić information content (AvgIpc) is 3.84. The molecule has 0 aliphatic carbocycles. The molecule has 0 fully saturated rings. The fourth-order valence-corrected chi connectivity index (χ4v) is 9.48. The SMILES string of the molecule is c1ccc(-c2ccc(N(c3ccc(-c4cccc5c4sc4ccccc45)cc3)c3cc(-c4ccccc4)c4c(c3)oc3c5ccccc5ccc34)cc2)cc1. The van der Waals surface area contributed by atoms with Crippen LogP contribution >= 0.6 is 11.3 Å². The maximum Gasteiger partial charge on any atom is 0.143 e. The molecule has 0 aliphatic heterocycles. The van der Waals surface area contributed by atoms with E-state index in [2.05, 4.69) is 205 Å². The maximum absolute atomic E-state index is 6.88. The summed E-state index contributed by atoms with van der Waals surface area (Å²) < 4.78 is 9.52. The van der Waals surface area contributed by atoms with Crippen molar-refractivity contribution in [3.05, 3.63) is 200 Å². The van der Waals surface area contributed by atoms with Crippen molar-refractivity contribution in [2.24, 2.45) is 0 Å². The monoisotopic (exact) mass is 719 g/mol. The lowest BCUT2D eigenvalue weighted by molar-refractivity contribution is 0.673. The first-order valence-electron chi connectivity index (χ1n) is 18.7. The number of anilines is 3. The third kappa shape index (κ3) is 5.32. The first kappa shape index (κ1) is 31.6. The molecule has 0 amide bonds. The van der Waals surface area contributed by atoms with Gasteiger partial charge in [-0.25, -0.2) is 0 Å². The molecule has 0 bridgehead atoms. The molecule has 9 aromatic carbocycles. The van der Waals surface area contributed by atoms with E-state index in [-0.39, 0.29) is 0 Å². The topological polar surface area (TPSA) is 16.4 Å². The van der Waals surface area contributed by atoms with Crippen LogP contribution in [0.15, 0.2) is 205 Å². The standard InChI is InChI=1S/C52H33NOS/c1-3-12-34(13-4-1)35-22-27-39(28-23-35)53(40-29-24-38(25-30-40)43-19-11-20-45-44-18-9-10-21-49(44)55-52(43)45)41-32-47(36-14-5-2-6-15-36)50-46-31-26-37-16-7-8-17-42(37)51(46)54-48(50)33-41/h1-33H. The van der Waals surface area contributed by atoms with Crippen molar-refractivity contribution in [1.29, 1.82) is 0 Å². The summed E-state index contributed by atoms with van der Waals surface area (Å²) in [6, 6.07) is 72.0. The third-order valence-corrected chi connectivity index (χ3v) is 12.1. The van der Waals surface area contributed by atoms with Crippen LogP contribution in [0.1, 0.15) is 0 Å². The number of hydrogen-bond acceptors (Lipinski definition) is 3. The molecular formula is C52H33NOS. The highest BCUT2D eigenvalue weighted by Gasteiger charge is 2.21. The van der Waals surface area contributed by atoms with Crippen LogP contribution in [0.25, 0.3) is 86.3 Å². The van der Waals surface area contributed by atoms with E-state index in [1.165, 1.54) is 47.8 Å². The molecule has 0 N–H and O–H groups in total. The van der Waals surface area contributed by atoms with Gasteiger partial charge in [0.25, 0.3) is 0 Å². The van der Waals surface area contributed by atoms with Crippen molar-refractivity contribution in [3.63, 3.8) is 0 Å². The first-order valence-corrected chi connectivity index (χ1v) is 19.5. The Labute approximate surface area is 322 Å². The second-order valence-corrected chi connectivity index (χ2v) is 15.1. The summed E-state index contributed by atoms with van der Waals surface area (Å²) >= 11 is 1.87. The Bertz CT molecular complexity index is 3180. The van der Waals surface area contributed by atoms with Crippen LogP contribution < -0.4 is 4.90 Å². The first-order chi connectivity index (χ1) is 27.3. The molecule has 11 aromatic rings. The van der Waals surface area contributed by atoms with Crippen molar-refractivity contribution < 1.29 is 4.42 Å². The van der Waals surface area contributed by atoms with E-state index in [1.54, 1.807) is 0 Å². The molecule has 0 saturated heterocycles. The minimum Gasteiger partial charge on any atom is -0.455 e. The number of benzene rings is 9. The number of thiophene rings is 1. The summed E-state index contributed by atoms with van der Waals surface area (Å²) in [7, 11) is 0. The van der Waals surface area contributed by atoms with E-state index < -0.39 is 0 Å². The Balaban J connectivity index is 1.11. The van der Waals surface area contributed by atoms with Crippen LogP contribution in [0.5, 0.6) is 0 Å². The van der Waals surface area contributed by atoms with Crippen molar-refractivity contribution in [2.45, 2.75) is 0 Å². The number of furan rings is 1. The lowest BCUT2D eigenvalue weighted by atomic mass is 9.97. The molecule has 2 nitrogen and oxygen atoms in total. The molecule has 55 heavy (non-hydrogen) atoms. The van der Waals surface area contributed by atoms with Crippen LogP contribution in [0, 0.1) is 0 Å². The molecule has 2 heterocycles. The Morgan fingerprint density at radius 3 is 1.75 bits per heavy atom. The highest BCUT2D eigenvalue weighted by molar-refractivity contribution is 7.26. The largest absolute Gasteiger partial charge is 0.455 e. The minimum atomic E-state index is 0.863. The maximum atomic E-state index is 6.88. The van der Waals surface area contributed by atoms with E-state index in [0.717, 1.165) is 55.5 Å². The zero-order chi connectivity index (χ0) is 36.3. The molecule has 0 unspecified atom stereocenters. The summed E-state index contributed by atoms with van der Waals surface area (Å²) in [6.45, 7) is 0. The van der Waals surface area contributed by atoms with Crippen molar-refractivity contribution >= 4 is 81.3 Å².